The Balaban J connectivity index is 1.69. The first-order valence-electron chi connectivity index (χ1n) is 8.61. The number of halogens is 1. The van der Waals surface area contributed by atoms with Crippen molar-refractivity contribution in [1.82, 2.24) is 10.6 Å². The maximum atomic E-state index is 11.0. The number of hydrogen-bond donors (Lipinski definition) is 2. The molecule has 2 rings (SSSR count). The highest BCUT2D eigenvalue weighted by atomic mass is 79.9. The molecule has 146 valence electrons. The molecule has 1 heterocycles. The molecule has 1 unspecified atom stereocenters. The Kier molecular flexibility index (Phi) is 8.17. The zero-order valence-corrected chi connectivity index (χ0v) is 17.6. The van der Waals surface area contributed by atoms with Gasteiger partial charge in [-0.3, -0.25) is 4.99 Å². The van der Waals surface area contributed by atoms with Crippen LogP contribution in [0.1, 0.15) is 6.42 Å². The first kappa shape index (κ1) is 21.0. The van der Waals surface area contributed by atoms with Gasteiger partial charge in [-0.1, -0.05) is 12.1 Å². The second-order valence-corrected chi connectivity index (χ2v) is 9.38. The maximum absolute atomic E-state index is 11.0. The van der Waals surface area contributed by atoms with Crippen LogP contribution in [0.4, 0.5) is 5.69 Å². The fourth-order valence-corrected chi connectivity index (χ4v) is 3.70. The highest BCUT2D eigenvalue weighted by Crippen LogP contribution is 2.28. The molecule has 0 aromatic heterocycles. The van der Waals surface area contributed by atoms with E-state index >= 15 is 0 Å². The molecule has 0 aliphatic carbocycles. The lowest BCUT2D eigenvalue weighted by Gasteiger charge is -2.21. The molecule has 1 saturated heterocycles. The number of nitrogens with zero attached hydrogens (tertiary/aromatic N) is 2. The van der Waals surface area contributed by atoms with Crippen molar-refractivity contribution < 1.29 is 13.2 Å². The minimum atomic E-state index is -2.97. The molecular formula is C17H27BrN4O3S. The van der Waals surface area contributed by atoms with Gasteiger partial charge in [0.2, 0.25) is 0 Å². The predicted molar refractivity (Wildman–Crippen MR) is 110 cm³/mol. The van der Waals surface area contributed by atoms with Crippen molar-refractivity contribution in [2.45, 2.75) is 12.5 Å². The van der Waals surface area contributed by atoms with Gasteiger partial charge in [0.15, 0.2) is 5.96 Å². The normalized spacial score (nSPS) is 18.2. The molecule has 9 heteroatoms. The van der Waals surface area contributed by atoms with Crippen LogP contribution in [0.3, 0.4) is 0 Å². The monoisotopic (exact) mass is 446 g/mol. The van der Waals surface area contributed by atoms with Crippen molar-refractivity contribution in [2.75, 3.05) is 56.8 Å². The second kappa shape index (κ2) is 10.1. The van der Waals surface area contributed by atoms with Crippen molar-refractivity contribution >= 4 is 37.4 Å². The highest BCUT2D eigenvalue weighted by molar-refractivity contribution is 9.10. The van der Waals surface area contributed by atoms with Gasteiger partial charge in [-0.15, -0.1) is 0 Å². The van der Waals surface area contributed by atoms with Crippen LogP contribution < -0.4 is 15.5 Å². The standard InChI is InChI=1S/C17H27BrN4O3S/c1-19-17(20-8-10-25-11-12-26(2,23)24)21-14-7-9-22(13-14)16-6-4-3-5-15(16)18/h3-6,14H,7-13H2,1-2H3,(H2,19,20,21). The van der Waals surface area contributed by atoms with E-state index in [1.807, 2.05) is 12.1 Å². The molecule has 7 nitrogen and oxygen atoms in total. The molecule has 2 N–H and O–H groups in total. The van der Waals surface area contributed by atoms with Crippen LogP contribution in [0.5, 0.6) is 0 Å². The molecule has 0 amide bonds. The fraction of sp³-hybridized carbons (Fsp3) is 0.588. The fourth-order valence-electron chi connectivity index (χ4n) is 2.75. The molecule has 1 fully saturated rings. The second-order valence-electron chi connectivity index (χ2n) is 6.27. The van der Waals surface area contributed by atoms with E-state index in [1.54, 1.807) is 7.05 Å². The summed E-state index contributed by atoms with van der Waals surface area (Å²) in [5.74, 6) is 0.781. The Hall–Kier alpha value is -1.32. The molecule has 0 spiro atoms. The third-order valence-electron chi connectivity index (χ3n) is 4.08. The summed E-state index contributed by atoms with van der Waals surface area (Å²) < 4.78 is 28.5. The molecule has 1 atom stereocenters. The molecule has 0 saturated carbocycles. The van der Waals surface area contributed by atoms with Gasteiger partial charge in [-0.25, -0.2) is 8.42 Å². The summed E-state index contributed by atoms with van der Waals surface area (Å²) in [6, 6.07) is 8.56. The van der Waals surface area contributed by atoms with Crippen LogP contribution in [0.25, 0.3) is 0 Å². The Morgan fingerprint density at radius 3 is 2.85 bits per heavy atom. The molecule has 1 aliphatic heterocycles. The lowest BCUT2D eigenvalue weighted by Crippen LogP contribution is -2.45. The van der Waals surface area contributed by atoms with E-state index in [4.69, 9.17) is 4.74 Å². The summed E-state index contributed by atoms with van der Waals surface area (Å²) >= 11 is 3.61. The molecule has 1 aromatic rings. The average molecular weight is 447 g/mol. The van der Waals surface area contributed by atoms with E-state index < -0.39 is 9.84 Å². The number of aliphatic imine (C=N–C) groups is 1. The van der Waals surface area contributed by atoms with Gasteiger partial charge in [0, 0.05) is 43.5 Å². The molecule has 26 heavy (non-hydrogen) atoms. The summed E-state index contributed by atoms with van der Waals surface area (Å²) in [7, 11) is -1.23. The number of sulfone groups is 1. The first-order valence-corrected chi connectivity index (χ1v) is 11.5. The third kappa shape index (κ3) is 7.13. The quantitative estimate of drug-likeness (QED) is 0.355. The topological polar surface area (TPSA) is 83.0 Å². The Morgan fingerprint density at radius 2 is 2.15 bits per heavy atom. The minimum absolute atomic E-state index is 0.0485. The van der Waals surface area contributed by atoms with Gasteiger partial charge in [0.25, 0.3) is 0 Å². The third-order valence-corrected chi connectivity index (χ3v) is 5.66. The van der Waals surface area contributed by atoms with Crippen LogP contribution in [0.2, 0.25) is 0 Å². The van der Waals surface area contributed by atoms with Crippen LogP contribution in [0, 0.1) is 0 Å². The number of benzene rings is 1. The number of nitrogens with one attached hydrogen (secondary N) is 2. The lowest BCUT2D eigenvalue weighted by molar-refractivity contribution is 0.154. The van der Waals surface area contributed by atoms with E-state index in [1.165, 1.54) is 11.9 Å². The van der Waals surface area contributed by atoms with Gasteiger partial charge in [-0.05, 0) is 34.5 Å². The molecular weight excluding hydrogens is 420 g/mol. The summed E-state index contributed by atoms with van der Waals surface area (Å²) in [6.07, 6.45) is 2.24. The summed E-state index contributed by atoms with van der Waals surface area (Å²) in [6.45, 7) is 3.13. The van der Waals surface area contributed by atoms with E-state index in [9.17, 15) is 8.42 Å². The van der Waals surface area contributed by atoms with Gasteiger partial charge in [0.1, 0.15) is 9.84 Å². The Morgan fingerprint density at radius 1 is 1.38 bits per heavy atom. The Labute approximate surface area is 164 Å². The van der Waals surface area contributed by atoms with Gasteiger partial charge < -0.3 is 20.3 Å². The molecule has 0 radical (unpaired) electrons. The lowest BCUT2D eigenvalue weighted by atomic mass is 10.3. The number of hydrogen-bond acceptors (Lipinski definition) is 5. The number of anilines is 1. The van der Waals surface area contributed by atoms with E-state index in [-0.39, 0.29) is 12.4 Å². The van der Waals surface area contributed by atoms with Crippen LogP contribution in [-0.4, -0.2) is 72.3 Å². The van der Waals surface area contributed by atoms with E-state index in [0.29, 0.717) is 19.2 Å². The first-order chi connectivity index (χ1) is 12.4. The molecule has 1 aliphatic rings. The smallest absolute Gasteiger partial charge is 0.191 e. The number of rotatable bonds is 8. The van der Waals surface area contributed by atoms with Gasteiger partial charge in [-0.2, -0.15) is 0 Å². The maximum Gasteiger partial charge on any atom is 0.191 e. The average Bonchev–Trinajstić information content (AvgIpc) is 3.04. The number of ether oxygens (including phenoxy) is 1. The van der Waals surface area contributed by atoms with Crippen LogP contribution in [-0.2, 0) is 14.6 Å². The predicted octanol–water partition coefficient (Wildman–Crippen LogP) is 1.25. The summed E-state index contributed by atoms with van der Waals surface area (Å²) in [5, 5.41) is 6.63. The zero-order valence-electron chi connectivity index (χ0n) is 15.2. The van der Waals surface area contributed by atoms with Crippen molar-refractivity contribution in [3.8, 4) is 0 Å². The SMILES string of the molecule is CN=C(NCCOCCS(C)(=O)=O)NC1CCN(c2ccccc2Br)C1. The molecule has 0 bridgehead atoms. The van der Waals surface area contributed by atoms with Crippen molar-refractivity contribution in [3.63, 3.8) is 0 Å². The largest absolute Gasteiger partial charge is 0.379 e. The van der Waals surface area contributed by atoms with Gasteiger partial charge in [0.05, 0.1) is 24.7 Å². The van der Waals surface area contributed by atoms with Crippen molar-refractivity contribution in [3.05, 3.63) is 28.7 Å². The summed E-state index contributed by atoms with van der Waals surface area (Å²) in [5.41, 5.74) is 1.21. The highest BCUT2D eigenvalue weighted by Gasteiger charge is 2.24. The van der Waals surface area contributed by atoms with Crippen molar-refractivity contribution in [2.24, 2.45) is 4.99 Å². The van der Waals surface area contributed by atoms with E-state index in [0.717, 1.165) is 29.9 Å². The minimum Gasteiger partial charge on any atom is -0.379 e. The van der Waals surface area contributed by atoms with Crippen LogP contribution >= 0.6 is 15.9 Å². The zero-order chi connectivity index (χ0) is 19.0. The Bertz CT molecular complexity index is 712. The number of guanidine groups is 1. The molecule has 1 aromatic carbocycles. The van der Waals surface area contributed by atoms with Gasteiger partial charge >= 0.3 is 0 Å². The van der Waals surface area contributed by atoms with Crippen LogP contribution in [0.15, 0.2) is 33.7 Å². The summed E-state index contributed by atoms with van der Waals surface area (Å²) in [4.78, 5) is 6.59. The van der Waals surface area contributed by atoms with E-state index in [2.05, 4.69) is 48.6 Å². The van der Waals surface area contributed by atoms with Crippen molar-refractivity contribution in [1.29, 1.82) is 0 Å². The number of para-hydroxylation sites is 1.